The quantitative estimate of drug-likeness (QED) is 0.437. The highest BCUT2D eigenvalue weighted by Gasteiger charge is 2.32. The molecule has 0 spiro atoms. The zero-order valence-corrected chi connectivity index (χ0v) is 20.8. The molecule has 4 heterocycles. The first-order valence-electron chi connectivity index (χ1n) is 12.6. The van der Waals surface area contributed by atoms with Gasteiger partial charge >= 0.3 is 0 Å². The van der Waals surface area contributed by atoms with E-state index in [9.17, 15) is 13.2 Å². The maximum atomic E-state index is 14.2. The summed E-state index contributed by atoms with van der Waals surface area (Å²) in [6, 6.07) is 4.01. The average Bonchev–Trinajstić information content (AvgIpc) is 3.33. The molecule has 12 heteroatoms. The van der Waals surface area contributed by atoms with Crippen molar-refractivity contribution >= 4 is 11.6 Å². The average molecular weight is 518 g/mol. The number of nitrogens with one attached hydrogen (secondary N) is 1. The number of benzene rings is 1. The lowest BCUT2D eigenvalue weighted by molar-refractivity contribution is 0.147. The van der Waals surface area contributed by atoms with E-state index in [1.807, 2.05) is 6.07 Å². The number of methoxy groups -OCH3 is 1. The molecule has 1 fully saturated rings. The van der Waals surface area contributed by atoms with Crippen LogP contribution in [0.4, 0.5) is 24.8 Å². The number of fused-ring (bicyclic) bond motifs is 1. The van der Waals surface area contributed by atoms with Crippen LogP contribution in [0.1, 0.15) is 51.0 Å². The van der Waals surface area contributed by atoms with Gasteiger partial charge < -0.3 is 19.7 Å². The molecule has 37 heavy (non-hydrogen) atoms. The molecule has 1 aromatic carbocycles. The van der Waals surface area contributed by atoms with Gasteiger partial charge in [0.2, 0.25) is 17.6 Å². The van der Waals surface area contributed by atoms with Crippen LogP contribution in [0.3, 0.4) is 0 Å². The molecular weight excluding hydrogens is 487 g/mol. The Morgan fingerprint density at radius 3 is 2.81 bits per heavy atom. The summed E-state index contributed by atoms with van der Waals surface area (Å²) in [6.45, 7) is 4.48. The van der Waals surface area contributed by atoms with E-state index in [1.165, 1.54) is 0 Å². The molecule has 0 radical (unpaired) electrons. The third kappa shape index (κ3) is 5.28. The lowest BCUT2D eigenvalue weighted by Crippen LogP contribution is -2.46. The van der Waals surface area contributed by atoms with Gasteiger partial charge in [-0.25, -0.2) is 13.5 Å². The molecule has 5 rings (SSSR count). The van der Waals surface area contributed by atoms with Crippen LogP contribution in [-0.4, -0.2) is 51.2 Å². The Labute approximate surface area is 213 Å². The second-order valence-corrected chi connectivity index (χ2v) is 9.43. The van der Waals surface area contributed by atoms with E-state index in [4.69, 9.17) is 9.47 Å². The van der Waals surface area contributed by atoms with Crippen LogP contribution in [-0.2, 0) is 6.54 Å². The molecule has 3 aromatic rings. The number of nitrogens with zero attached hydrogens (tertiary/aromatic N) is 6. The Hall–Kier alpha value is -3.57. The Balaban J connectivity index is 1.30. The smallest absolute Gasteiger partial charge is 0.242 e. The van der Waals surface area contributed by atoms with Gasteiger partial charge in [0.25, 0.3) is 0 Å². The highest BCUT2D eigenvalue weighted by molar-refractivity contribution is 5.47. The van der Waals surface area contributed by atoms with E-state index in [2.05, 4.69) is 37.4 Å². The number of hydrogen-bond donors (Lipinski definition) is 1. The van der Waals surface area contributed by atoms with Gasteiger partial charge in [-0.15, -0.1) is 10.2 Å². The van der Waals surface area contributed by atoms with Gasteiger partial charge in [0.15, 0.2) is 29.3 Å². The largest absolute Gasteiger partial charge is 0.480 e. The summed E-state index contributed by atoms with van der Waals surface area (Å²) in [7, 11) is 1.57. The van der Waals surface area contributed by atoms with Crippen molar-refractivity contribution in [3.63, 3.8) is 0 Å². The van der Waals surface area contributed by atoms with Gasteiger partial charge in [0.05, 0.1) is 19.0 Å². The first-order chi connectivity index (χ1) is 18.0. The highest BCUT2D eigenvalue weighted by atomic mass is 19.2. The van der Waals surface area contributed by atoms with Crippen LogP contribution in [0.2, 0.25) is 0 Å². The number of aryl methyl sites for hydroxylation is 1. The third-order valence-corrected chi connectivity index (χ3v) is 6.99. The van der Waals surface area contributed by atoms with Crippen molar-refractivity contribution in [3.05, 3.63) is 47.7 Å². The van der Waals surface area contributed by atoms with Crippen LogP contribution in [0, 0.1) is 23.4 Å². The van der Waals surface area contributed by atoms with Crippen molar-refractivity contribution in [1.29, 1.82) is 0 Å². The lowest BCUT2D eigenvalue weighted by atomic mass is 9.88. The minimum absolute atomic E-state index is 0.167. The summed E-state index contributed by atoms with van der Waals surface area (Å²) in [5.41, 5.74) is 0.978. The fourth-order valence-corrected chi connectivity index (χ4v) is 5.13. The molecule has 0 aliphatic carbocycles. The van der Waals surface area contributed by atoms with Crippen molar-refractivity contribution in [2.45, 2.75) is 57.7 Å². The molecule has 2 aliphatic rings. The molecule has 1 saturated heterocycles. The second-order valence-electron chi connectivity index (χ2n) is 9.43. The monoisotopic (exact) mass is 517 g/mol. The number of piperidine rings is 1. The number of rotatable bonds is 8. The SMILES string of the molecule is CCCC1CN(c2cnnc(OC)c2)CC[C@H]1Nc1nc2n(n1)CCC[C@H]2Oc1ccc(F)c(F)c1F. The predicted octanol–water partition coefficient (Wildman–Crippen LogP) is 4.52. The molecule has 1 unspecified atom stereocenters. The summed E-state index contributed by atoms with van der Waals surface area (Å²) in [6.07, 6.45) is 5.39. The molecular formula is C25H30F3N7O2. The number of anilines is 2. The maximum absolute atomic E-state index is 14.2. The minimum atomic E-state index is -1.55. The zero-order chi connectivity index (χ0) is 25.9. The number of ether oxygens (including phenoxy) is 2. The van der Waals surface area contributed by atoms with Gasteiger partial charge in [-0.2, -0.15) is 14.5 Å². The highest BCUT2D eigenvalue weighted by Crippen LogP contribution is 2.33. The topological polar surface area (TPSA) is 90.2 Å². The molecule has 2 aliphatic heterocycles. The van der Waals surface area contributed by atoms with Gasteiger partial charge in [0, 0.05) is 31.7 Å². The first-order valence-corrected chi connectivity index (χ1v) is 12.6. The van der Waals surface area contributed by atoms with Crippen LogP contribution < -0.4 is 19.7 Å². The molecule has 9 nitrogen and oxygen atoms in total. The van der Waals surface area contributed by atoms with Crippen LogP contribution in [0.15, 0.2) is 24.4 Å². The van der Waals surface area contributed by atoms with Crippen LogP contribution in [0.25, 0.3) is 0 Å². The standard InChI is InChI=1S/C25H30F3N7O2/c1-3-5-15-14-34(16-12-21(36-2)32-29-13-16)11-9-18(15)30-25-31-24-20(6-4-10-35(24)33-25)37-19-8-7-17(26)22(27)23(19)28/h7-8,12-13,15,18,20H,3-6,9-11,14H2,1-2H3,(H,30,33)/t15?,18-,20-/m1/s1. The summed E-state index contributed by atoms with van der Waals surface area (Å²) < 4.78 is 53.9. The van der Waals surface area contributed by atoms with Crippen LogP contribution >= 0.6 is 0 Å². The zero-order valence-electron chi connectivity index (χ0n) is 20.8. The van der Waals surface area contributed by atoms with E-state index in [1.54, 1.807) is 18.0 Å². The Morgan fingerprint density at radius 2 is 2.00 bits per heavy atom. The summed E-state index contributed by atoms with van der Waals surface area (Å²) in [5.74, 6) is -2.63. The van der Waals surface area contributed by atoms with Crippen molar-refractivity contribution in [2.75, 3.05) is 30.4 Å². The second kappa shape index (κ2) is 10.8. The number of hydrogen-bond acceptors (Lipinski definition) is 8. The summed E-state index contributed by atoms with van der Waals surface area (Å²) in [4.78, 5) is 6.96. The number of aromatic nitrogens is 5. The van der Waals surface area contributed by atoms with Gasteiger partial charge in [0.1, 0.15) is 0 Å². The molecule has 3 atom stereocenters. The van der Waals surface area contributed by atoms with Gasteiger partial charge in [-0.05, 0) is 43.7 Å². The predicted molar refractivity (Wildman–Crippen MR) is 130 cm³/mol. The van der Waals surface area contributed by atoms with Gasteiger partial charge in [-0.1, -0.05) is 13.3 Å². The maximum Gasteiger partial charge on any atom is 0.242 e. The van der Waals surface area contributed by atoms with Crippen molar-refractivity contribution in [1.82, 2.24) is 25.0 Å². The third-order valence-electron chi connectivity index (χ3n) is 6.99. The minimum Gasteiger partial charge on any atom is -0.480 e. The Bertz CT molecular complexity index is 1240. The van der Waals surface area contributed by atoms with Crippen molar-refractivity contribution in [2.24, 2.45) is 5.92 Å². The van der Waals surface area contributed by atoms with E-state index >= 15 is 0 Å². The molecule has 2 aromatic heterocycles. The lowest BCUT2D eigenvalue weighted by Gasteiger charge is -2.39. The normalized spacial score (nSPS) is 21.4. The fraction of sp³-hybridized carbons (Fsp3) is 0.520. The molecule has 1 N–H and O–H groups in total. The summed E-state index contributed by atoms with van der Waals surface area (Å²) >= 11 is 0. The Morgan fingerprint density at radius 1 is 1.14 bits per heavy atom. The van der Waals surface area contributed by atoms with E-state index in [0.29, 0.717) is 36.5 Å². The number of halogens is 3. The van der Waals surface area contributed by atoms with Crippen LogP contribution in [0.5, 0.6) is 11.6 Å². The molecule has 0 saturated carbocycles. The first kappa shape index (κ1) is 25.1. The van der Waals surface area contributed by atoms with E-state index in [-0.39, 0.29) is 11.8 Å². The van der Waals surface area contributed by atoms with Crippen molar-refractivity contribution in [3.8, 4) is 11.6 Å². The van der Waals surface area contributed by atoms with E-state index < -0.39 is 23.6 Å². The van der Waals surface area contributed by atoms with E-state index in [0.717, 1.165) is 56.6 Å². The van der Waals surface area contributed by atoms with Gasteiger partial charge in [-0.3, -0.25) is 0 Å². The molecule has 0 amide bonds. The fourth-order valence-electron chi connectivity index (χ4n) is 5.13. The Kier molecular flexibility index (Phi) is 7.33. The van der Waals surface area contributed by atoms with Crippen molar-refractivity contribution < 1.29 is 22.6 Å². The molecule has 0 bridgehead atoms. The molecule has 198 valence electrons. The summed E-state index contributed by atoms with van der Waals surface area (Å²) in [5, 5.41) is 16.1.